The topological polar surface area (TPSA) is 61.9 Å². The third-order valence-corrected chi connectivity index (χ3v) is 6.58. The fourth-order valence-electron chi connectivity index (χ4n) is 4.64. The van der Waals surface area contributed by atoms with Gasteiger partial charge in [0.2, 0.25) is 0 Å². The quantitative estimate of drug-likeness (QED) is 0.549. The highest BCUT2D eigenvalue weighted by Gasteiger charge is 2.43. The molecule has 1 amide bonds. The maximum Gasteiger partial charge on any atom is 0.429 e. The molecule has 1 heterocycles. The lowest BCUT2D eigenvalue weighted by Gasteiger charge is -2.28. The molecule has 28 heavy (non-hydrogen) atoms. The maximum absolute atomic E-state index is 12.4. The van der Waals surface area contributed by atoms with Crippen LogP contribution in [0.5, 0.6) is 0 Å². The number of hydrogen-bond acceptors (Lipinski definition) is 5. The number of likely N-dealkylation sites (N-methyl/N-ethyl adjacent to an activating group) is 1. The van der Waals surface area contributed by atoms with Crippen molar-refractivity contribution in [1.82, 2.24) is 15.3 Å². The fourth-order valence-corrected chi connectivity index (χ4v) is 4.64. The summed E-state index contributed by atoms with van der Waals surface area (Å²) in [4.78, 5) is 33.0. The molecule has 0 spiro atoms. The van der Waals surface area contributed by atoms with Crippen LogP contribution in [0.3, 0.4) is 0 Å². The molecule has 6 heteroatoms. The number of benzene rings is 1. The molecule has 1 aliphatic heterocycles. The van der Waals surface area contributed by atoms with E-state index in [1.807, 2.05) is 19.9 Å². The van der Waals surface area contributed by atoms with Crippen molar-refractivity contribution in [3.63, 3.8) is 0 Å². The molecular weight excluding hydrogens is 354 g/mol. The van der Waals surface area contributed by atoms with Crippen molar-refractivity contribution in [3.05, 3.63) is 35.9 Å². The van der Waals surface area contributed by atoms with Gasteiger partial charge in [-0.2, -0.15) is 0 Å². The van der Waals surface area contributed by atoms with Crippen LogP contribution in [0.15, 0.2) is 30.3 Å². The lowest BCUT2D eigenvalue weighted by Crippen LogP contribution is -2.46. The van der Waals surface area contributed by atoms with Gasteiger partial charge >= 0.3 is 6.09 Å². The highest BCUT2D eigenvalue weighted by Crippen LogP contribution is 2.38. The summed E-state index contributed by atoms with van der Waals surface area (Å²) in [5.41, 5.74) is 4.36. The van der Waals surface area contributed by atoms with E-state index >= 15 is 0 Å². The summed E-state index contributed by atoms with van der Waals surface area (Å²) in [6.45, 7) is 7.08. The molecule has 0 radical (unpaired) electrons. The summed E-state index contributed by atoms with van der Waals surface area (Å²) in [5, 5.41) is 0. The van der Waals surface area contributed by atoms with Gasteiger partial charge in [0.1, 0.15) is 6.29 Å². The van der Waals surface area contributed by atoms with E-state index in [1.54, 1.807) is 7.05 Å². The van der Waals surface area contributed by atoms with Gasteiger partial charge < -0.3 is 9.63 Å². The molecule has 1 saturated carbocycles. The Morgan fingerprint density at radius 3 is 2.75 bits per heavy atom. The molecule has 154 valence electrons. The van der Waals surface area contributed by atoms with Crippen molar-refractivity contribution in [2.24, 2.45) is 17.8 Å². The predicted molar refractivity (Wildman–Crippen MR) is 108 cm³/mol. The first kappa shape index (κ1) is 20.8. The molecule has 2 aliphatic rings. The number of nitrogens with one attached hydrogen (secondary N) is 1. The second-order valence-electron chi connectivity index (χ2n) is 8.40. The molecule has 1 aliphatic carbocycles. The molecule has 1 N–H and O–H groups in total. The Morgan fingerprint density at radius 2 is 2.07 bits per heavy atom. The van der Waals surface area contributed by atoms with E-state index in [0.29, 0.717) is 11.8 Å². The predicted octanol–water partition coefficient (Wildman–Crippen LogP) is 3.08. The Labute approximate surface area is 168 Å². The number of aldehydes is 1. The number of carbonyl (C=O) groups is 2. The lowest BCUT2D eigenvalue weighted by atomic mass is 9.98. The summed E-state index contributed by atoms with van der Waals surface area (Å²) in [7, 11) is 1.63. The Balaban J connectivity index is 1.49. The van der Waals surface area contributed by atoms with Gasteiger partial charge in [-0.3, -0.25) is 9.80 Å². The summed E-state index contributed by atoms with van der Waals surface area (Å²) in [6.07, 6.45) is 3.36. The van der Waals surface area contributed by atoms with Gasteiger partial charge in [-0.05, 0) is 36.2 Å². The Kier molecular flexibility index (Phi) is 7.08. The number of fused-ring (bicyclic) bond motifs is 1. The lowest BCUT2D eigenvalue weighted by molar-refractivity contribution is -0.113. The van der Waals surface area contributed by atoms with Crippen LogP contribution in [-0.2, 0) is 16.2 Å². The smallest absolute Gasteiger partial charge is 0.353 e. The van der Waals surface area contributed by atoms with Crippen molar-refractivity contribution >= 4 is 12.4 Å². The van der Waals surface area contributed by atoms with Gasteiger partial charge in [-0.15, -0.1) is 5.48 Å². The van der Waals surface area contributed by atoms with Gasteiger partial charge in [0.15, 0.2) is 0 Å². The number of nitrogens with zero attached hydrogens (tertiary/aromatic N) is 2. The van der Waals surface area contributed by atoms with Crippen LogP contribution < -0.4 is 5.48 Å². The van der Waals surface area contributed by atoms with Gasteiger partial charge in [-0.1, -0.05) is 50.6 Å². The second kappa shape index (κ2) is 9.52. The molecule has 1 aromatic carbocycles. The fraction of sp³-hybridized carbons (Fsp3) is 0.636. The van der Waals surface area contributed by atoms with E-state index in [2.05, 4.69) is 34.6 Å². The molecule has 1 saturated heterocycles. The molecule has 0 bridgehead atoms. The van der Waals surface area contributed by atoms with Crippen molar-refractivity contribution in [1.29, 1.82) is 0 Å². The average molecular weight is 388 g/mol. The Morgan fingerprint density at radius 1 is 1.32 bits per heavy atom. The highest BCUT2D eigenvalue weighted by atomic mass is 16.7. The van der Waals surface area contributed by atoms with Crippen molar-refractivity contribution < 1.29 is 14.4 Å². The summed E-state index contributed by atoms with van der Waals surface area (Å²) < 4.78 is 0. The molecule has 0 aromatic heterocycles. The monoisotopic (exact) mass is 387 g/mol. The summed E-state index contributed by atoms with van der Waals surface area (Å²) in [5.74, 6) is 1.26. The zero-order valence-corrected chi connectivity index (χ0v) is 17.2. The first-order chi connectivity index (χ1) is 13.5. The number of rotatable bonds is 8. The summed E-state index contributed by atoms with van der Waals surface area (Å²) >= 11 is 0. The van der Waals surface area contributed by atoms with Crippen LogP contribution >= 0.6 is 0 Å². The van der Waals surface area contributed by atoms with Crippen LogP contribution in [-0.4, -0.2) is 54.4 Å². The Hall–Kier alpha value is -1.92. The number of hydroxylamine groups is 1. The first-order valence-electron chi connectivity index (χ1n) is 10.4. The maximum atomic E-state index is 12.4. The highest BCUT2D eigenvalue weighted by molar-refractivity contribution is 5.73. The molecule has 3 rings (SSSR count). The van der Waals surface area contributed by atoms with E-state index in [0.717, 1.165) is 45.2 Å². The third-order valence-electron chi connectivity index (χ3n) is 6.58. The van der Waals surface area contributed by atoms with E-state index in [9.17, 15) is 9.59 Å². The van der Waals surface area contributed by atoms with E-state index in [1.165, 1.54) is 10.5 Å². The molecular formula is C22H33N3O3. The zero-order chi connectivity index (χ0) is 20.1. The minimum absolute atomic E-state index is 0.104. The van der Waals surface area contributed by atoms with Gasteiger partial charge in [0.05, 0.1) is 6.04 Å². The Bertz CT molecular complexity index is 654. The molecule has 5 atom stereocenters. The van der Waals surface area contributed by atoms with Gasteiger partial charge in [-0.25, -0.2) is 4.79 Å². The van der Waals surface area contributed by atoms with Crippen molar-refractivity contribution in [3.8, 4) is 0 Å². The van der Waals surface area contributed by atoms with Crippen LogP contribution in [0.25, 0.3) is 0 Å². The van der Waals surface area contributed by atoms with Crippen LogP contribution in [0, 0.1) is 17.8 Å². The van der Waals surface area contributed by atoms with E-state index in [-0.39, 0.29) is 12.0 Å². The van der Waals surface area contributed by atoms with Crippen molar-refractivity contribution in [2.75, 3.05) is 20.1 Å². The molecule has 6 nitrogen and oxygen atoms in total. The normalized spacial score (nSPS) is 26.5. The van der Waals surface area contributed by atoms with Crippen LogP contribution in [0.2, 0.25) is 0 Å². The minimum atomic E-state index is -0.486. The first-order valence-corrected chi connectivity index (χ1v) is 10.4. The van der Waals surface area contributed by atoms with Crippen LogP contribution in [0.1, 0.15) is 38.7 Å². The number of likely N-dealkylation sites (tertiary alicyclic amines) is 1. The minimum Gasteiger partial charge on any atom is -0.353 e. The SMILES string of the molecule is CC[C@H](C)[C@@H](C=O)N(C)C(=O)ON[C@H]1CC[C@@H]2CN(Cc3ccccc3)C[C@@H]21. The van der Waals surface area contributed by atoms with Gasteiger partial charge in [0, 0.05) is 32.7 Å². The molecule has 0 unspecified atom stereocenters. The van der Waals surface area contributed by atoms with Crippen LogP contribution in [0.4, 0.5) is 4.79 Å². The van der Waals surface area contributed by atoms with Crippen molar-refractivity contribution in [2.45, 2.75) is 51.7 Å². The van der Waals surface area contributed by atoms with Gasteiger partial charge in [0.25, 0.3) is 0 Å². The average Bonchev–Trinajstić information content (AvgIpc) is 3.27. The van der Waals surface area contributed by atoms with E-state index in [4.69, 9.17) is 4.84 Å². The number of hydrogen-bond donors (Lipinski definition) is 1. The zero-order valence-electron chi connectivity index (χ0n) is 17.2. The third kappa shape index (κ3) is 4.73. The molecule has 2 fully saturated rings. The number of carbonyl (C=O) groups excluding carboxylic acids is 2. The van der Waals surface area contributed by atoms with E-state index < -0.39 is 12.1 Å². The molecule has 1 aromatic rings. The second-order valence-corrected chi connectivity index (χ2v) is 8.40. The largest absolute Gasteiger partial charge is 0.429 e. The number of amides is 1. The summed E-state index contributed by atoms with van der Waals surface area (Å²) in [6, 6.07) is 10.3. The standard InChI is InChI=1S/C22H33N3O3/c1-4-16(2)21(15-26)24(3)22(27)28-23-20-11-10-18-13-25(14-19(18)20)12-17-8-6-5-7-9-17/h5-9,15-16,18-21,23H,4,10-14H2,1-3H3/t16-,18+,19-,20-,21+/m0/s1.